The van der Waals surface area contributed by atoms with E-state index < -0.39 is 13.0 Å². The molecule has 0 heterocycles. The summed E-state index contributed by atoms with van der Waals surface area (Å²) in [7, 11) is -2.30. The molecule has 8 heavy (non-hydrogen) atoms. The molecule has 0 aliphatic carbocycles. The number of rotatable bonds is 2. The average molecular weight is 215 g/mol. The zero-order valence-corrected chi connectivity index (χ0v) is 7.77. The molecule has 0 radical (unpaired) electrons. The second kappa shape index (κ2) is 3.49. The molecule has 0 N–H and O–H groups in total. The summed E-state index contributed by atoms with van der Waals surface area (Å²) in [4.78, 5) is 0. The van der Waals surface area contributed by atoms with Crippen molar-refractivity contribution >= 4 is 46.7 Å². The Morgan fingerprint density at radius 2 is 1.88 bits per heavy atom. The van der Waals surface area contributed by atoms with Crippen LogP contribution >= 0.6 is 46.7 Å². The molecule has 0 spiro atoms. The van der Waals surface area contributed by atoms with Crippen molar-refractivity contribution in [3.05, 3.63) is 0 Å². The van der Waals surface area contributed by atoms with Gasteiger partial charge in [-0.3, -0.25) is 4.57 Å². The van der Waals surface area contributed by atoms with Crippen molar-refractivity contribution in [3.63, 3.8) is 0 Å². The first kappa shape index (κ1) is 9.33. The Morgan fingerprint density at radius 3 is 1.88 bits per heavy atom. The van der Waals surface area contributed by atoms with E-state index in [2.05, 4.69) is 0 Å². The fraction of sp³-hybridized carbons (Fsp3) is 1.00. The molecule has 1 unspecified atom stereocenters. The minimum atomic E-state index is -3.18. The Morgan fingerprint density at radius 1 is 1.50 bits per heavy atom. The van der Waals surface area contributed by atoms with Gasteiger partial charge in [0.25, 0.3) is 5.85 Å². The maximum Gasteiger partial charge on any atom is 0.261 e. The number of halogens is 3. The van der Waals surface area contributed by atoms with E-state index in [-0.39, 0.29) is 5.90 Å². The van der Waals surface area contributed by atoms with Crippen molar-refractivity contribution in [2.75, 3.05) is 5.90 Å². The molecule has 0 amide bonds. The topological polar surface area (TPSA) is 34.1 Å². The van der Waals surface area contributed by atoms with E-state index in [0.717, 1.165) is 0 Å². The van der Waals surface area contributed by atoms with E-state index in [1.165, 1.54) is 0 Å². The molecule has 0 aromatic heterocycles. The molecule has 0 rings (SSSR count). The lowest BCUT2D eigenvalue weighted by molar-refractivity contribution is 0.590. The average Bonchev–Trinajstić information content (AvgIpc) is 1.21. The molecule has 0 fully saturated rings. The van der Waals surface area contributed by atoms with Gasteiger partial charge in [-0.15, -0.1) is 0 Å². The van der Waals surface area contributed by atoms with E-state index in [0.29, 0.717) is 0 Å². The summed E-state index contributed by atoms with van der Waals surface area (Å²) in [6, 6.07) is 0. The van der Waals surface area contributed by atoms with Crippen LogP contribution in [0.2, 0.25) is 0 Å². The van der Waals surface area contributed by atoms with E-state index in [1.807, 2.05) is 0 Å². The zero-order valence-electron chi connectivity index (χ0n) is 3.60. The van der Waals surface area contributed by atoms with Gasteiger partial charge in [-0.2, -0.15) is 0 Å². The van der Waals surface area contributed by atoms with Crippen molar-refractivity contribution < 1.29 is 9.13 Å². The van der Waals surface area contributed by atoms with Crippen molar-refractivity contribution in [3.8, 4) is 0 Å². The minimum Gasteiger partial charge on any atom is -0.309 e. The van der Waals surface area contributed by atoms with Gasteiger partial charge >= 0.3 is 0 Å². The molecule has 0 bridgehead atoms. The third kappa shape index (κ3) is 7.33. The fourth-order valence-corrected chi connectivity index (χ4v) is 5.87. The Bertz CT molecular complexity index is 138. The van der Waals surface area contributed by atoms with E-state index in [1.54, 1.807) is 0 Å². The summed E-state index contributed by atoms with van der Waals surface area (Å²) < 4.78 is 20.4. The Hall–Kier alpha value is 1.33. The van der Waals surface area contributed by atoms with Gasteiger partial charge in [0.15, 0.2) is 7.15 Å². The van der Waals surface area contributed by atoms with E-state index in [9.17, 15) is 9.13 Å². The van der Waals surface area contributed by atoms with Gasteiger partial charge in [-0.25, -0.2) is 0 Å². The molecule has 0 saturated carbocycles. The molecule has 0 saturated heterocycles. The van der Waals surface area contributed by atoms with Crippen LogP contribution in [0.5, 0.6) is 0 Å². The smallest absolute Gasteiger partial charge is 0.261 e. The highest BCUT2D eigenvalue weighted by Crippen LogP contribution is 2.62. The summed E-state index contributed by atoms with van der Waals surface area (Å²) >= 11 is 14.9. The van der Waals surface area contributed by atoms with Crippen LogP contribution in [-0.2, 0) is 9.13 Å². The van der Waals surface area contributed by atoms with Gasteiger partial charge in [0.05, 0.1) is 5.90 Å². The van der Waals surface area contributed by atoms with Gasteiger partial charge in [-0.05, 0) is 22.5 Å². The highest BCUT2D eigenvalue weighted by molar-refractivity contribution is 8.12. The van der Waals surface area contributed by atoms with Crippen LogP contribution in [0.1, 0.15) is 0 Å². The third-order valence-electron chi connectivity index (χ3n) is 0.308. The highest BCUT2D eigenvalue weighted by atomic mass is 35.9. The van der Waals surface area contributed by atoms with Gasteiger partial charge in [-0.1, -0.05) is 11.2 Å². The maximum absolute atomic E-state index is 10.3. The largest absolute Gasteiger partial charge is 0.309 e. The lowest BCUT2D eigenvalue weighted by atomic mass is 11.9. The highest BCUT2D eigenvalue weighted by Gasteiger charge is 2.15. The molecular formula is CH3Cl3O2P2. The van der Waals surface area contributed by atoms with Crippen LogP contribution in [0.25, 0.3) is 0 Å². The molecule has 50 valence electrons. The fourth-order valence-electron chi connectivity index (χ4n) is 0.145. The molecular weight excluding hydrogens is 212 g/mol. The van der Waals surface area contributed by atoms with E-state index in [4.69, 9.17) is 33.7 Å². The Balaban J connectivity index is 3.74. The van der Waals surface area contributed by atoms with Crippen molar-refractivity contribution in [2.45, 2.75) is 0 Å². The molecule has 0 aromatic carbocycles. The van der Waals surface area contributed by atoms with Crippen LogP contribution < -0.4 is 0 Å². The predicted octanol–water partition coefficient (Wildman–Crippen LogP) is 3.33. The van der Waals surface area contributed by atoms with E-state index >= 15 is 0 Å². The zero-order chi connectivity index (χ0) is 6.78. The minimum absolute atomic E-state index is 0.275. The van der Waals surface area contributed by atoms with Gasteiger partial charge in [0.1, 0.15) is 0 Å². The van der Waals surface area contributed by atoms with Crippen molar-refractivity contribution in [2.24, 2.45) is 0 Å². The molecule has 2 nitrogen and oxygen atoms in total. The van der Waals surface area contributed by atoms with Crippen molar-refractivity contribution in [1.29, 1.82) is 0 Å². The summed E-state index contributed by atoms with van der Waals surface area (Å²) in [6.45, 7) is 0. The second-order valence-corrected chi connectivity index (χ2v) is 9.26. The monoisotopic (exact) mass is 214 g/mol. The number of hydrogen-bond acceptors (Lipinski definition) is 2. The van der Waals surface area contributed by atoms with Crippen molar-refractivity contribution in [1.82, 2.24) is 0 Å². The number of hydrogen-bond donors (Lipinski definition) is 0. The van der Waals surface area contributed by atoms with Crippen LogP contribution in [0, 0.1) is 0 Å². The van der Waals surface area contributed by atoms with Gasteiger partial charge in [0, 0.05) is 0 Å². The second-order valence-electron chi connectivity index (χ2n) is 1.08. The summed E-state index contributed by atoms with van der Waals surface area (Å²) in [5, 5.41) is 0. The van der Waals surface area contributed by atoms with Crippen LogP contribution in [0.4, 0.5) is 0 Å². The first-order valence-corrected chi connectivity index (χ1v) is 7.91. The van der Waals surface area contributed by atoms with Crippen LogP contribution in [-0.4, -0.2) is 5.90 Å². The SMILES string of the molecule is O=[PH](Cl)CP(=O)(Cl)Cl. The normalized spacial score (nSPS) is 15.9. The van der Waals surface area contributed by atoms with Gasteiger partial charge < -0.3 is 4.57 Å². The molecule has 1 atom stereocenters. The summed E-state index contributed by atoms with van der Waals surface area (Å²) in [5.74, 6) is -3.45. The van der Waals surface area contributed by atoms with Crippen LogP contribution in [0.3, 0.4) is 0 Å². The molecule has 0 aliphatic rings. The lowest BCUT2D eigenvalue weighted by Gasteiger charge is -1.92. The molecule has 0 aromatic rings. The Kier molecular flexibility index (Phi) is 4.07. The quantitative estimate of drug-likeness (QED) is 0.662. The van der Waals surface area contributed by atoms with Crippen LogP contribution in [0.15, 0.2) is 0 Å². The molecule has 0 aliphatic heterocycles. The van der Waals surface area contributed by atoms with Gasteiger partial charge in [0.2, 0.25) is 0 Å². The standard InChI is InChI=1S/CH3Cl3O2P2/c2-7(5)1-8(3,4)6/h7H,1H2. The predicted molar refractivity (Wildman–Crippen MR) is 39.0 cm³/mol. The first-order chi connectivity index (χ1) is 3.42. The summed E-state index contributed by atoms with van der Waals surface area (Å²) in [6.07, 6.45) is 0. The third-order valence-corrected chi connectivity index (χ3v) is 6.00. The Labute approximate surface area is 62.0 Å². The maximum atomic E-state index is 10.3. The molecule has 7 heteroatoms. The first-order valence-electron chi connectivity index (χ1n) is 1.58. The lowest BCUT2D eigenvalue weighted by Crippen LogP contribution is -1.60. The summed E-state index contributed by atoms with van der Waals surface area (Å²) in [5.41, 5.74) is 0.